The minimum absolute atomic E-state index is 0.0659. The van der Waals surface area contributed by atoms with Gasteiger partial charge in [-0.1, -0.05) is 30.3 Å². The lowest BCUT2D eigenvalue weighted by atomic mass is 9.47. The molecule has 4 heteroatoms. The lowest BCUT2D eigenvalue weighted by molar-refractivity contribution is 0.0467. The molecular formula is C18H24N4. The van der Waals surface area contributed by atoms with Crippen LogP contribution in [0.2, 0.25) is 0 Å². The lowest BCUT2D eigenvalue weighted by Crippen LogP contribution is -2.54. The summed E-state index contributed by atoms with van der Waals surface area (Å²) in [6, 6.07) is 10.8. The molecule has 22 heavy (non-hydrogen) atoms. The van der Waals surface area contributed by atoms with Crippen LogP contribution in [0.1, 0.15) is 37.7 Å². The van der Waals surface area contributed by atoms with Crippen LogP contribution in [-0.4, -0.2) is 11.7 Å². The van der Waals surface area contributed by atoms with Gasteiger partial charge in [-0.05, 0) is 55.9 Å². The Morgan fingerprint density at radius 2 is 1.73 bits per heavy atom. The maximum Gasteiger partial charge on any atom is 0.211 e. The summed E-state index contributed by atoms with van der Waals surface area (Å²) in [7, 11) is 0. The van der Waals surface area contributed by atoms with E-state index in [-0.39, 0.29) is 11.4 Å². The zero-order valence-corrected chi connectivity index (χ0v) is 12.9. The molecule has 5 rings (SSSR count). The molecule has 4 nitrogen and oxygen atoms in total. The fourth-order valence-electron chi connectivity index (χ4n) is 5.47. The summed E-state index contributed by atoms with van der Waals surface area (Å²) in [4.78, 5) is 0. The highest BCUT2D eigenvalue weighted by Gasteiger charge is 2.55. The van der Waals surface area contributed by atoms with E-state index in [1.54, 1.807) is 0 Å². The zero-order chi connectivity index (χ0) is 15.2. The van der Waals surface area contributed by atoms with Gasteiger partial charge in [-0.2, -0.15) is 5.10 Å². The van der Waals surface area contributed by atoms with E-state index in [1.807, 2.05) is 0 Å². The highest BCUT2D eigenvalue weighted by atomic mass is 15.3. The minimum Gasteiger partial charge on any atom is -0.369 e. The van der Waals surface area contributed by atoms with Crippen LogP contribution in [0.3, 0.4) is 0 Å². The van der Waals surface area contributed by atoms with Gasteiger partial charge in [0.15, 0.2) is 0 Å². The number of guanidine groups is 1. The first-order valence-corrected chi connectivity index (χ1v) is 8.35. The molecular weight excluding hydrogens is 272 g/mol. The van der Waals surface area contributed by atoms with Crippen LogP contribution in [0.4, 0.5) is 0 Å². The second-order valence-electron chi connectivity index (χ2n) is 7.50. The van der Waals surface area contributed by atoms with E-state index in [0.29, 0.717) is 5.92 Å². The van der Waals surface area contributed by atoms with E-state index in [0.717, 1.165) is 18.3 Å². The molecule has 0 radical (unpaired) electrons. The summed E-state index contributed by atoms with van der Waals surface area (Å²) >= 11 is 0. The van der Waals surface area contributed by atoms with Gasteiger partial charge in [0.05, 0.1) is 5.71 Å². The molecule has 116 valence electrons. The van der Waals surface area contributed by atoms with Crippen LogP contribution < -0.4 is 11.5 Å². The molecule has 4 aliphatic rings. The number of rotatable bonds is 3. The molecule has 2 atom stereocenters. The monoisotopic (exact) mass is 296 g/mol. The van der Waals surface area contributed by atoms with Crippen molar-refractivity contribution in [3.05, 3.63) is 35.9 Å². The predicted molar refractivity (Wildman–Crippen MR) is 89.4 cm³/mol. The highest BCUT2D eigenvalue weighted by molar-refractivity contribution is 5.95. The molecule has 4 saturated carbocycles. The first kappa shape index (κ1) is 13.8. The Balaban J connectivity index is 1.72. The van der Waals surface area contributed by atoms with Crippen LogP contribution in [0.25, 0.3) is 0 Å². The summed E-state index contributed by atoms with van der Waals surface area (Å²) in [6.45, 7) is 0. The van der Waals surface area contributed by atoms with Gasteiger partial charge in [0, 0.05) is 11.3 Å². The summed E-state index contributed by atoms with van der Waals surface area (Å²) in [5.41, 5.74) is 13.9. The Kier molecular flexibility index (Phi) is 3.21. The van der Waals surface area contributed by atoms with Crippen LogP contribution in [0.15, 0.2) is 40.5 Å². The molecule has 0 aromatic heterocycles. The van der Waals surface area contributed by atoms with Crippen LogP contribution in [0, 0.1) is 23.2 Å². The summed E-state index contributed by atoms with van der Waals surface area (Å²) in [5.74, 6) is 2.41. The van der Waals surface area contributed by atoms with Gasteiger partial charge in [0.25, 0.3) is 0 Å². The summed E-state index contributed by atoms with van der Waals surface area (Å²) in [6.07, 6.45) is 7.58. The highest BCUT2D eigenvalue weighted by Crippen LogP contribution is 2.59. The fourth-order valence-corrected chi connectivity index (χ4v) is 5.47. The smallest absolute Gasteiger partial charge is 0.211 e. The molecule has 0 saturated heterocycles. The Morgan fingerprint density at radius 1 is 1.05 bits per heavy atom. The molecule has 4 bridgehead atoms. The van der Waals surface area contributed by atoms with E-state index in [9.17, 15) is 0 Å². The first-order valence-electron chi connectivity index (χ1n) is 8.35. The number of nitrogens with two attached hydrogens (primary N) is 2. The number of benzene rings is 1. The molecule has 0 amide bonds. The number of hydrogen-bond acceptors (Lipinski definition) is 2. The quantitative estimate of drug-likeness (QED) is 0.511. The predicted octanol–water partition coefficient (Wildman–Crippen LogP) is 2.68. The Hall–Kier alpha value is -1.84. The number of hydrogen-bond donors (Lipinski definition) is 2. The maximum absolute atomic E-state index is 5.51. The van der Waals surface area contributed by atoms with Gasteiger partial charge in [-0.15, -0.1) is 5.10 Å². The normalized spacial score (nSPS) is 37.5. The standard InChI is InChI=1S/C18H24N4/c19-17(20)22-21-16-15-7-13-6-14(8-15)11-18(16,10-13)9-12-4-2-1-3-5-12/h1-5,13-15H,6-11H2,(H4,19,20,22)/b21-16+. The molecule has 0 aliphatic heterocycles. The van der Waals surface area contributed by atoms with E-state index in [4.69, 9.17) is 11.5 Å². The van der Waals surface area contributed by atoms with Crippen LogP contribution in [0.5, 0.6) is 0 Å². The second kappa shape index (κ2) is 5.11. The van der Waals surface area contributed by atoms with Crippen LogP contribution in [-0.2, 0) is 6.42 Å². The lowest BCUT2D eigenvalue weighted by Gasteiger charge is -2.57. The Labute approximate surface area is 131 Å². The van der Waals surface area contributed by atoms with E-state index < -0.39 is 0 Å². The van der Waals surface area contributed by atoms with Crippen molar-refractivity contribution in [1.82, 2.24) is 0 Å². The fraction of sp³-hybridized carbons (Fsp3) is 0.556. The molecule has 1 aromatic carbocycles. The zero-order valence-electron chi connectivity index (χ0n) is 12.9. The SMILES string of the molecule is NC(N)=N/N=C1\C2CC3CC(C2)CC1(Cc1ccccc1)C3. The topological polar surface area (TPSA) is 76.8 Å². The van der Waals surface area contributed by atoms with Gasteiger partial charge in [-0.3, -0.25) is 0 Å². The van der Waals surface area contributed by atoms with Gasteiger partial charge >= 0.3 is 0 Å². The molecule has 0 spiro atoms. The number of nitrogens with zero attached hydrogens (tertiary/aromatic N) is 2. The van der Waals surface area contributed by atoms with Crippen molar-refractivity contribution in [1.29, 1.82) is 0 Å². The van der Waals surface area contributed by atoms with Gasteiger partial charge in [0.1, 0.15) is 0 Å². The maximum atomic E-state index is 5.51. The van der Waals surface area contributed by atoms with E-state index in [1.165, 1.54) is 43.4 Å². The van der Waals surface area contributed by atoms with E-state index in [2.05, 4.69) is 40.5 Å². The Bertz CT molecular complexity index is 601. The van der Waals surface area contributed by atoms with Crippen LogP contribution >= 0.6 is 0 Å². The molecule has 4 N–H and O–H groups in total. The average molecular weight is 296 g/mol. The van der Waals surface area contributed by atoms with Gasteiger partial charge in [0.2, 0.25) is 5.96 Å². The van der Waals surface area contributed by atoms with Gasteiger partial charge in [-0.25, -0.2) is 0 Å². The Morgan fingerprint density at radius 3 is 2.36 bits per heavy atom. The third kappa shape index (κ3) is 2.31. The molecule has 1 aromatic rings. The van der Waals surface area contributed by atoms with Crippen molar-refractivity contribution in [3.8, 4) is 0 Å². The molecule has 2 unspecified atom stereocenters. The van der Waals surface area contributed by atoms with Crippen molar-refractivity contribution in [2.24, 2.45) is 44.8 Å². The summed E-state index contributed by atoms with van der Waals surface area (Å²) < 4.78 is 0. The van der Waals surface area contributed by atoms with Crippen molar-refractivity contribution in [3.63, 3.8) is 0 Å². The van der Waals surface area contributed by atoms with E-state index >= 15 is 0 Å². The first-order chi connectivity index (χ1) is 10.6. The van der Waals surface area contributed by atoms with Crippen molar-refractivity contribution in [2.75, 3.05) is 0 Å². The molecule has 4 fully saturated rings. The van der Waals surface area contributed by atoms with Crippen molar-refractivity contribution >= 4 is 11.7 Å². The van der Waals surface area contributed by atoms with Crippen molar-refractivity contribution in [2.45, 2.75) is 38.5 Å². The third-order valence-corrected chi connectivity index (χ3v) is 5.85. The molecule has 0 heterocycles. The van der Waals surface area contributed by atoms with Gasteiger partial charge < -0.3 is 11.5 Å². The third-order valence-electron chi connectivity index (χ3n) is 5.85. The second-order valence-corrected chi connectivity index (χ2v) is 7.50. The average Bonchev–Trinajstić information content (AvgIpc) is 2.46. The van der Waals surface area contributed by atoms with Crippen molar-refractivity contribution < 1.29 is 0 Å². The summed E-state index contributed by atoms with van der Waals surface area (Å²) in [5, 5.41) is 8.56. The minimum atomic E-state index is 0.0659. The largest absolute Gasteiger partial charge is 0.369 e. The molecule has 4 aliphatic carbocycles.